The van der Waals surface area contributed by atoms with Crippen LogP contribution in [0.4, 0.5) is 4.39 Å². The van der Waals surface area contributed by atoms with Crippen LogP contribution in [-0.2, 0) is 27.4 Å². The standard InChI is InChI=1S/C24H24ClFN4O5/c1-15(31)23-17-6-2-3-8-19(17)30(28-23)11-21(33)29(12-24(34)13-35-14-24)10-20(32)27-9-16-5-4-7-18(25)22(16)26/h2-8,34H,9-14H2,1H3,(H,27,32). The van der Waals surface area contributed by atoms with Gasteiger partial charge in [-0.15, -0.1) is 0 Å². The molecule has 1 fully saturated rings. The van der Waals surface area contributed by atoms with Crippen LogP contribution in [0, 0.1) is 5.82 Å². The molecule has 1 aromatic heterocycles. The van der Waals surface area contributed by atoms with Crippen LogP contribution in [0.2, 0.25) is 5.02 Å². The Morgan fingerprint density at radius 1 is 1.23 bits per heavy atom. The molecular formula is C24H24ClFN4O5. The van der Waals surface area contributed by atoms with E-state index in [2.05, 4.69) is 10.4 Å². The molecular weight excluding hydrogens is 479 g/mol. The van der Waals surface area contributed by atoms with Gasteiger partial charge in [-0.25, -0.2) is 4.39 Å². The second-order valence-electron chi connectivity index (χ2n) is 8.54. The number of benzene rings is 2. The summed E-state index contributed by atoms with van der Waals surface area (Å²) in [6, 6.07) is 11.5. The molecule has 35 heavy (non-hydrogen) atoms. The highest BCUT2D eigenvalue weighted by Crippen LogP contribution is 2.21. The molecule has 0 spiro atoms. The molecule has 2 aromatic carbocycles. The van der Waals surface area contributed by atoms with E-state index >= 15 is 0 Å². The van der Waals surface area contributed by atoms with Gasteiger partial charge in [-0.05, 0) is 12.1 Å². The summed E-state index contributed by atoms with van der Waals surface area (Å²) < 4.78 is 20.6. The Balaban J connectivity index is 1.50. The van der Waals surface area contributed by atoms with E-state index in [1.165, 1.54) is 28.6 Å². The summed E-state index contributed by atoms with van der Waals surface area (Å²) in [6.07, 6.45) is 0. The Morgan fingerprint density at radius 3 is 2.66 bits per heavy atom. The fraction of sp³-hybridized carbons (Fsp3) is 0.333. The third kappa shape index (κ3) is 5.50. The molecule has 2 heterocycles. The summed E-state index contributed by atoms with van der Waals surface area (Å²) in [4.78, 5) is 39.1. The molecule has 0 saturated carbocycles. The van der Waals surface area contributed by atoms with Crippen molar-refractivity contribution in [3.63, 3.8) is 0 Å². The molecule has 1 aliphatic heterocycles. The quantitative estimate of drug-likeness (QED) is 0.432. The Kier molecular flexibility index (Phi) is 7.15. The molecule has 0 radical (unpaired) electrons. The fourth-order valence-corrected chi connectivity index (χ4v) is 4.05. The van der Waals surface area contributed by atoms with Crippen molar-refractivity contribution in [2.45, 2.75) is 25.6 Å². The summed E-state index contributed by atoms with van der Waals surface area (Å²) in [5.41, 5.74) is -0.231. The fourth-order valence-electron chi connectivity index (χ4n) is 3.86. The molecule has 4 rings (SSSR count). The summed E-state index contributed by atoms with van der Waals surface area (Å²) in [6.45, 7) is 0.585. The lowest BCUT2D eigenvalue weighted by Gasteiger charge is -2.40. The largest absolute Gasteiger partial charge is 0.383 e. The van der Waals surface area contributed by atoms with Crippen LogP contribution in [0.15, 0.2) is 42.5 Å². The van der Waals surface area contributed by atoms with Gasteiger partial charge in [0.05, 0.1) is 36.8 Å². The van der Waals surface area contributed by atoms with Crippen molar-refractivity contribution in [2.75, 3.05) is 26.3 Å². The van der Waals surface area contributed by atoms with E-state index in [1.807, 2.05) is 0 Å². The van der Waals surface area contributed by atoms with Crippen molar-refractivity contribution in [1.82, 2.24) is 20.0 Å². The second-order valence-corrected chi connectivity index (χ2v) is 8.94. The van der Waals surface area contributed by atoms with Crippen molar-refractivity contribution in [3.8, 4) is 0 Å². The number of para-hydroxylation sites is 1. The third-order valence-electron chi connectivity index (χ3n) is 5.70. The van der Waals surface area contributed by atoms with Gasteiger partial charge in [-0.3, -0.25) is 19.1 Å². The average molecular weight is 503 g/mol. The van der Waals surface area contributed by atoms with Crippen LogP contribution in [0.1, 0.15) is 23.0 Å². The maximum Gasteiger partial charge on any atom is 0.244 e. The van der Waals surface area contributed by atoms with Crippen molar-refractivity contribution in [1.29, 1.82) is 0 Å². The number of carbonyl (C=O) groups excluding carboxylic acids is 3. The predicted octanol–water partition coefficient (Wildman–Crippen LogP) is 1.94. The van der Waals surface area contributed by atoms with E-state index in [1.54, 1.807) is 30.3 Å². The van der Waals surface area contributed by atoms with Gasteiger partial charge in [0.15, 0.2) is 5.78 Å². The monoisotopic (exact) mass is 502 g/mol. The maximum atomic E-state index is 14.1. The zero-order valence-corrected chi connectivity index (χ0v) is 19.7. The Morgan fingerprint density at radius 2 is 1.97 bits per heavy atom. The highest BCUT2D eigenvalue weighted by atomic mass is 35.5. The number of nitrogens with one attached hydrogen (secondary N) is 1. The van der Waals surface area contributed by atoms with Gasteiger partial charge in [-0.1, -0.05) is 41.9 Å². The SMILES string of the molecule is CC(=O)c1nn(CC(=O)N(CC(=O)NCc2cccc(Cl)c2F)CC2(O)COC2)c2ccccc12. The van der Waals surface area contributed by atoms with Crippen LogP contribution < -0.4 is 5.32 Å². The van der Waals surface area contributed by atoms with Crippen molar-refractivity contribution in [3.05, 3.63) is 64.6 Å². The minimum atomic E-state index is -1.27. The van der Waals surface area contributed by atoms with Crippen molar-refractivity contribution < 1.29 is 28.6 Å². The summed E-state index contributed by atoms with van der Waals surface area (Å²) in [5.74, 6) is -1.90. The number of aliphatic hydroxyl groups is 1. The Bertz CT molecular complexity index is 1290. The van der Waals surface area contributed by atoms with Crippen LogP contribution in [0.25, 0.3) is 10.9 Å². The zero-order valence-electron chi connectivity index (χ0n) is 19.0. The number of amides is 2. The van der Waals surface area contributed by atoms with E-state index in [0.717, 1.165) is 0 Å². The lowest BCUT2D eigenvalue weighted by atomic mass is 10.0. The molecule has 9 nitrogen and oxygen atoms in total. The molecule has 2 amide bonds. The van der Waals surface area contributed by atoms with Gasteiger partial charge in [0, 0.05) is 24.4 Å². The highest BCUT2D eigenvalue weighted by molar-refractivity contribution is 6.30. The first-order valence-corrected chi connectivity index (χ1v) is 11.3. The van der Waals surface area contributed by atoms with E-state index in [4.69, 9.17) is 16.3 Å². The highest BCUT2D eigenvalue weighted by Gasteiger charge is 2.39. The number of Topliss-reactive ketones (excluding diaryl/α,β-unsaturated/α-hetero) is 1. The first-order chi connectivity index (χ1) is 16.7. The molecule has 1 saturated heterocycles. The Labute approximate surface area is 205 Å². The van der Waals surface area contributed by atoms with Crippen molar-refractivity contribution in [2.24, 2.45) is 0 Å². The van der Waals surface area contributed by atoms with E-state index in [9.17, 15) is 23.9 Å². The first-order valence-electron chi connectivity index (χ1n) is 10.9. The number of halogens is 2. The van der Waals surface area contributed by atoms with Crippen LogP contribution >= 0.6 is 11.6 Å². The number of fused-ring (bicyclic) bond motifs is 1. The van der Waals surface area contributed by atoms with Crippen LogP contribution in [0.5, 0.6) is 0 Å². The molecule has 0 atom stereocenters. The second kappa shape index (κ2) is 10.1. The maximum absolute atomic E-state index is 14.1. The number of carbonyl (C=O) groups is 3. The molecule has 11 heteroatoms. The van der Waals surface area contributed by atoms with E-state index < -0.39 is 23.2 Å². The minimum absolute atomic E-state index is 0.0330. The number of rotatable bonds is 9. The summed E-state index contributed by atoms with van der Waals surface area (Å²) in [5, 5.41) is 18.0. The lowest BCUT2D eigenvalue weighted by Crippen LogP contribution is -2.59. The minimum Gasteiger partial charge on any atom is -0.383 e. The predicted molar refractivity (Wildman–Crippen MR) is 125 cm³/mol. The van der Waals surface area contributed by atoms with E-state index in [-0.39, 0.29) is 61.5 Å². The van der Waals surface area contributed by atoms with Gasteiger partial charge in [0.2, 0.25) is 11.8 Å². The molecule has 3 aromatic rings. The molecule has 0 unspecified atom stereocenters. The smallest absolute Gasteiger partial charge is 0.244 e. The molecule has 0 aliphatic carbocycles. The Hall–Kier alpha value is -3.34. The third-order valence-corrected chi connectivity index (χ3v) is 5.99. The molecule has 2 N–H and O–H groups in total. The van der Waals surface area contributed by atoms with Gasteiger partial charge < -0.3 is 20.1 Å². The number of aromatic nitrogens is 2. The number of hydrogen-bond acceptors (Lipinski definition) is 6. The first kappa shape index (κ1) is 24.8. The molecule has 184 valence electrons. The molecule has 1 aliphatic rings. The summed E-state index contributed by atoms with van der Waals surface area (Å²) in [7, 11) is 0. The molecule has 0 bridgehead atoms. The van der Waals surface area contributed by atoms with Gasteiger partial charge in [0.1, 0.15) is 23.7 Å². The van der Waals surface area contributed by atoms with Crippen LogP contribution in [-0.4, -0.2) is 69.3 Å². The number of ketones is 1. The van der Waals surface area contributed by atoms with Gasteiger partial charge in [-0.2, -0.15) is 5.10 Å². The number of nitrogens with zero attached hydrogens (tertiary/aromatic N) is 3. The van der Waals surface area contributed by atoms with Gasteiger partial charge in [0.25, 0.3) is 0 Å². The van der Waals surface area contributed by atoms with Crippen LogP contribution in [0.3, 0.4) is 0 Å². The lowest BCUT2D eigenvalue weighted by molar-refractivity contribution is -0.190. The van der Waals surface area contributed by atoms with Gasteiger partial charge >= 0.3 is 0 Å². The zero-order chi connectivity index (χ0) is 25.2. The average Bonchev–Trinajstić information content (AvgIpc) is 3.17. The number of ether oxygens (including phenoxy) is 1. The topological polar surface area (TPSA) is 114 Å². The number of hydrogen-bond donors (Lipinski definition) is 2. The normalized spacial score (nSPS) is 14.4. The van der Waals surface area contributed by atoms with E-state index in [0.29, 0.717) is 10.9 Å². The summed E-state index contributed by atoms with van der Waals surface area (Å²) >= 11 is 5.78. The van der Waals surface area contributed by atoms with Crippen molar-refractivity contribution >= 4 is 40.1 Å².